The van der Waals surface area contributed by atoms with E-state index >= 15 is 0 Å². The van der Waals surface area contributed by atoms with Crippen molar-refractivity contribution in [3.05, 3.63) is 28.0 Å². The van der Waals surface area contributed by atoms with Crippen LogP contribution in [0.5, 0.6) is 0 Å². The molecule has 0 aromatic carbocycles. The summed E-state index contributed by atoms with van der Waals surface area (Å²) >= 11 is 11.8. The molecule has 1 saturated heterocycles. The summed E-state index contributed by atoms with van der Waals surface area (Å²) in [7, 11) is 0. The van der Waals surface area contributed by atoms with Crippen LogP contribution >= 0.6 is 23.2 Å². The number of pyridine rings is 1. The van der Waals surface area contributed by atoms with E-state index in [9.17, 15) is 0 Å². The molecule has 1 aliphatic rings. The van der Waals surface area contributed by atoms with Crippen LogP contribution < -0.4 is 5.32 Å². The van der Waals surface area contributed by atoms with Crippen molar-refractivity contribution in [2.45, 2.75) is 18.8 Å². The van der Waals surface area contributed by atoms with Gasteiger partial charge in [-0.25, -0.2) is 4.98 Å². The molecule has 0 bridgehead atoms. The molecule has 0 spiro atoms. The molecule has 1 fully saturated rings. The first-order valence-electron chi connectivity index (χ1n) is 4.80. The Balaban J connectivity index is 2.22. The van der Waals surface area contributed by atoms with Crippen LogP contribution in [0.4, 0.5) is 0 Å². The summed E-state index contributed by atoms with van der Waals surface area (Å²) in [6.45, 7) is 2.12. The van der Waals surface area contributed by atoms with Crippen molar-refractivity contribution in [3.8, 4) is 0 Å². The van der Waals surface area contributed by atoms with Crippen molar-refractivity contribution < 1.29 is 0 Å². The second-order valence-electron chi connectivity index (χ2n) is 3.54. The maximum Gasteiger partial charge on any atom is 0.134 e. The number of rotatable bonds is 1. The molecular weight excluding hydrogens is 219 g/mol. The van der Waals surface area contributed by atoms with Crippen LogP contribution in [0.25, 0.3) is 0 Å². The number of halogens is 2. The van der Waals surface area contributed by atoms with Gasteiger partial charge in [-0.3, -0.25) is 0 Å². The van der Waals surface area contributed by atoms with Crippen molar-refractivity contribution >= 4 is 23.2 Å². The molecule has 0 amide bonds. The Bertz CT molecular complexity index is 322. The first-order chi connectivity index (χ1) is 6.77. The van der Waals surface area contributed by atoms with Crippen LogP contribution in [0.1, 0.15) is 24.3 Å². The largest absolute Gasteiger partial charge is 0.317 e. The summed E-state index contributed by atoms with van der Waals surface area (Å²) in [4.78, 5) is 4.06. The smallest absolute Gasteiger partial charge is 0.134 e. The third-order valence-electron chi connectivity index (χ3n) is 2.62. The van der Waals surface area contributed by atoms with Crippen LogP contribution in [0.15, 0.2) is 12.1 Å². The summed E-state index contributed by atoms with van der Waals surface area (Å²) in [6, 6.07) is 3.80. The maximum absolute atomic E-state index is 6.05. The van der Waals surface area contributed by atoms with Gasteiger partial charge < -0.3 is 5.32 Å². The Morgan fingerprint density at radius 1 is 1.21 bits per heavy atom. The van der Waals surface area contributed by atoms with Gasteiger partial charge in [0.1, 0.15) is 10.3 Å². The van der Waals surface area contributed by atoms with Crippen LogP contribution in [0.3, 0.4) is 0 Å². The zero-order chi connectivity index (χ0) is 9.97. The third-order valence-corrected chi connectivity index (χ3v) is 3.14. The van der Waals surface area contributed by atoms with Crippen molar-refractivity contribution in [3.63, 3.8) is 0 Å². The van der Waals surface area contributed by atoms with E-state index in [0.29, 0.717) is 16.2 Å². The molecule has 1 N–H and O–H groups in total. The van der Waals surface area contributed by atoms with Crippen molar-refractivity contribution in [1.82, 2.24) is 10.3 Å². The van der Waals surface area contributed by atoms with Gasteiger partial charge >= 0.3 is 0 Å². The lowest BCUT2D eigenvalue weighted by Crippen LogP contribution is -2.26. The zero-order valence-corrected chi connectivity index (χ0v) is 9.28. The minimum Gasteiger partial charge on any atom is -0.317 e. The average molecular weight is 231 g/mol. The van der Waals surface area contributed by atoms with E-state index in [4.69, 9.17) is 23.2 Å². The fourth-order valence-electron chi connectivity index (χ4n) is 1.86. The molecule has 0 radical (unpaired) electrons. The predicted octanol–water partition coefficient (Wildman–Crippen LogP) is 2.86. The van der Waals surface area contributed by atoms with Crippen LogP contribution in [0, 0.1) is 0 Å². The van der Waals surface area contributed by atoms with E-state index in [1.54, 1.807) is 0 Å². The van der Waals surface area contributed by atoms with Crippen molar-refractivity contribution in [2.24, 2.45) is 0 Å². The van der Waals surface area contributed by atoms with Gasteiger partial charge in [-0.05, 0) is 43.5 Å². The maximum atomic E-state index is 6.05. The standard InChI is InChI=1S/C10H12Cl2N2/c11-9-2-1-8(10(12)14-9)7-3-5-13-6-4-7/h1-2,7,13H,3-6H2. The quantitative estimate of drug-likeness (QED) is 0.751. The lowest BCUT2D eigenvalue weighted by Gasteiger charge is -2.23. The third kappa shape index (κ3) is 2.19. The molecule has 2 rings (SSSR count). The number of hydrogen-bond donors (Lipinski definition) is 1. The molecular formula is C10H12Cl2N2. The summed E-state index contributed by atoms with van der Waals surface area (Å²) in [5.41, 5.74) is 1.14. The van der Waals surface area contributed by atoms with Crippen LogP contribution in [-0.2, 0) is 0 Å². The Kier molecular flexibility index (Phi) is 3.26. The van der Waals surface area contributed by atoms with E-state index in [1.165, 1.54) is 0 Å². The fraction of sp³-hybridized carbons (Fsp3) is 0.500. The molecule has 0 unspecified atom stereocenters. The van der Waals surface area contributed by atoms with Crippen LogP contribution in [0.2, 0.25) is 10.3 Å². The van der Waals surface area contributed by atoms with Crippen molar-refractivity contribution in [2.75, 3.05) is 13.1 Å². The molecule has 2 heterocycles. The van der Waals surface area contributed by atoms with Crippen LogP contribution in [-0.4, -0.2) is 18.1 Å². The van der Waals surface area contributed by atoms with Gasteiger partial charge in [0.15, 0.2) is 0 Å². The zero-order valence-electron chi connectivity index (χ0n) is 7.76. The number of nitrogens with one attached hydrogen (secondary N) is 1. The molecule has 1 aromatic heterocycles. The Morgan fingerprint density at radius 2 is 1.93 bits per heavy atom. The first kappa shape index (κ1) is 10.2. The molecule has 76 valence electrons. The normalized spacial score (nSPS) is 18.4. The number of aromatic nitrogens is 1. The molecule has 0 saturated carbocycles. The molecule has 1 aliphatic heterocycles. The van der Waals surface area contributed by atoms with Gasteiger partial charge in [-0.1, -0.05) is 29.3 Å². The molecule has 4 heteroatoms. The molecule has 1 aromatic rings. The highest BCUT2D eigenvalue weighted by Gasteiger charge is 2.18. The van der Waals surface area contributed by atoms with Gasteiger partial charge in [0.25, 0.3) is 0 Å². The van der Waals surface area contributed by atoms with E-state index in [-0.39, 0.29) is 0 Å². The van der Waals surface area contributed by atoms with Gasteiger partial charge in [0, 0.05) is 0 Å². The number of hydrogen-bond acceptors (Lipinski definition) is 2. The molecule has 14 heavy (non-hydrogen) atoms. The highest BCUT2D eigenvalue weighted by Crippen LogP contribution is 2.30. The topological polar surface area (TPSA) is 24.9 Å². The summed E-state index contributed by atoms with van der Waals surface area (Å²) in [6.07, 6.45) is 2.26. The SMILES string of the molecule is Clc1ccc(C2CCNCC2)c(Cl)n1. The lowest BCUT2D eigenvalue weighted by molar-refractivity contribution is 0.460. The second kappa shape index (κ2) is 4.47. The Labute approximate surface area is 93.6 Å². The summed E-state index contributed by atoms with van der Waals surface area (Å²) in [5.74, 6) is 0.536. The Morgan fingerprint density at radius 3 is 2.57 bits per heavy atom. The second-order valence-corrected chi connectivity index (χ2v) is 4.28. The molecule has 0 aliphatic carbocycles. The summed E-state index contributed by atoms with van der Waals surface area (Å²) < 4.78 is 0. The van der Waals surface area contributed by atoms with Gasteiger partial charge in [-0.15, -0.1) is 0 Å². The number of piperidine rings is 1. The monoisotopic (exact) mass is 230 g/mol. The van der Waals surface area contributed by atoms with E-state index in [0.717, 1.165) is 31.5 Å². The lowest BCUT2D eigenvalue weighted by atomic mass is 9.91. The minimum absolute atomic E-state index is 0.465. The van der Waals surface area contributed by atoms with E-state index < -0.39 is 0 Å². The highest BCUT2D eigenvalue weighted by molar-refractivity contribution is 6.32. The van der Waals surface area contributed by atoms with Crippen molar-refractivity contribution in [1.29, 1.82) is 0 Å². The highest BCUT2D eigenvalue weighted by atomic mass is 35.5. The number of nitrogens with zero attached hydrogens (tertiary/aromatic N) is 1. The van der Waals surface area contributed by atoms with E-state index in [2.05, 4.69) is 10.3 Å². The van der Waals surface area contributed by atoms with Gasteiger partial charge in [0.2, 0.25) is 0 Å². The molecule has 0 atom stereocenters. The minimum atomic E-state index is 0.465. The van der Waals surface area contributed by atoms with E-state index in [1.807, 2.05) is 12.1 Å². The van der Waals surface area contributed by atoms with Gasteiger partial charge in [0.05, 0.1) is 0 Å². The predicted molar refractivity (Wildman–Crippen MR) is 59.1 cm³/mol. The summed E-state index contributed by atoms with van der Waals surface area (Å²) in [5, 5.41) is 4.35. The Hall–Kier alpha value is -0.310. The average Bonchev–Trinajstić information content (AvgIpc) is 2.19. The first-order valence-corrected chi connectivity index (χ1v) is 5.55. The molecule has 2 nitrogen and oxygen atoms in total. The fourth-order valence-corrected chi connectivity index (χ4v) is 2.36. The van der Waals surface area contributed by atoms with Gasteiger partial charge in [-0.2, -0.15) is 0 Å².